The number of rotatable bonds is 6. The van der Waals surface area contributed by atoms with Gasteiger partial charge in [0.25, 0.3) is 0 Å². The Labute approximate surface area is 142 Å². The van der Waals surface area contributed by atoms with Crippen molar-refractivity contribution in [1.82, 2.24) is 10.3 Å². The molecule has 2 atom stereocenters. The average molecular weight is 326 g/mol. The standard InChI is InChI=1S/C19H22N2O3/c1-12-5-4-6-13(21-12)11-20-19(22)17-10-15(17)16-9-14(23-2)7-8-18(16)24-3/h4-9,15,17H,10-11H2,1-3H3,(H,20,22)/t15-,17+/m0/s1. The van der Waals surface area contributed by atoms with Crippen molar-refractivity contribution in [2.45, 2.75) is 25.8 Å². The quantitative estimate of drug-likeness (QED) is 0.887. The Morgan fingerprint density at radius 3 is 2.79 bits per heavy atom. The van der Waals surface area contributed by atoms with Gasteiger partial charge in [0.2, 0.25) is 5.91 Å². The number of benzene rings is 1. The second-order valence-corrected chi connectivity index (χ2v) is 6.04. The summed E-state index contributed by atoms with van der Waals surface area (Å²) in [7, 11) is 3.28. The molecule has 0 aliphatic heterocycles. The van der Waals surface area contributed by atoms with Gasteiger partial charge < -0.3 is 14.8 Å². The molecule has 1 N–H and O–H groups in total. The molecule has 1 aromatic carbocycles. The molecule has 0 unspecified atom stereocenters. The van der Waals surface area contributed by atoms with Gasteiger partial charge in [0.1, 0.15) is 11.5 Å². The Morgan fingerprint density at radius 2 is 2.08 bits per heavy atom. The van der Waals surface area contributed by atoms with Crippen molar-refractivity contribution in [3.8, 4) is 11.5 Å². The van der Waals surface area contributed by atoms with E-state index in [4.69, 9.17) is 9.47 Å². The highest BCUT2D eigenvalue weighted by molar-refractivity contribution is 5.83. The molecule has 3 rings (SSSR count). The van der Waals surface area contributed by atoms with Crippen LogP contribution in [0, 0.1) is 12.8 Å². The van der Waals surface area contributed by atoms with Crippen LogP contribution >= 0.6 is 0 Å². The van der Waals surface area contributed by atoms with Gasteiger partial charge in [0, 0.05) is 23.1 Å². The zero-order valence-corrected chi connectivity index (χ0v) is 14.2. The molecule has 1 aromatic heterocycles. The molecular formula is C19H22N2O3. The summed E-state index contributed by atoms with van der Waals surface area (Å²) in [6, 6.07) is 11.5. The van der Waals surface area contributed by atoms with Crippen molar-refractivity contribution in [2.24, 2.45) is 5.92 Å². The minimum atomic E-state index is -0.0178. The van der Waals surface area contributed by atoms with E-state index >= 15 is 0 Å². The van der Waals surface area contributed by atoms with Crippen LogP contribution in [-0.2, 0) is 11.3 Å². The first-order valence-electron chi connectivity index (χ1n) is 8.04. The Balaban J connectivity index is 1.63. The Hall–Kier alpha value is -2.56. The number of aromatic nitrogens is 1. The molecule has 5 heteroatoms. The number of ether oxygens (including phenoxy) is 2. The molecule has 0 spiro atoms. The predicted octanol–water partition coefficient (Wildman–Crippen LogP) is 2.83. The third-order valence-corrected chi connectivity index (χ3v) is 4.35. The van der Waals surface area contributed by atoms with Gasteiger partial charge in [-0.2, -0.15) is 0 Å². The van der Waals surface area contributed by atoms with Gasteiger partial charge in [-0.05, 0) is 43.7 Å². The topological polar surface area (TPSA) is 60.5 Å². The molecule has 1 heterocycles. The van der Waals surface area contributed by atoms with Crippen LogP contribution in [0.5, 0.6) is 11.5 Å². The van der Waals surface area contributed by atoms with E-state index in [1.807, 2.05) is 43.3 Å². The molecule has 24 heavy (non-hydrogen) atoms. The van der Waals surface area contributed by atoms with Crippen LogP contribution in [-0.4, -0.2) is 25.1 Å². The number of pyridine rings is 1. The molecule has 126 valence electrons. The molecule has 1 amide bonds. The van der Waals surface area contributed by atoms with Crippen LogP contribution in [0.2, 0.25) is 0 Å². The summed E-state index contributed by atoms with van der Waals surface area (Å²) in [6.07, 6.45) is 0.830. The smallest absolute Gasteiger partial charge is 0.224 e. The van der Waals surface area contributed by atoms with Gasteiger partial charge in [-0.15, -0.1) is 0 Å². The molecular weight excluding hydrogens is 304 g/mol. The largest absolute Gasteiger partial charge is 0.497 e. The molecule has 0 saturated heterocycles. The predicted molar refractivity (Wildman–Crippen MR) is 91.2 cm³/mol. The highest BCUT2D eigenvalue weighted by Gasteiger charge is 2.45. The maximum absolute atomic E-state index is 12.4. The normalized spacial score (nSPS) is 18.8. The number of aryl methyl sites for hydroxylation is 1. The van der Waals surface area contributed by atoms with E-state index in [2.05, 4.69) is 10.3 Å². The van der Waals surface area contributed by atoms with Crippen LogP contribution in [0.15, 0.2) is 36.4 Å². The fourth-order valence-corrected chi connectivity index (χ4v) is 2.96. The molecule has 1 saturated carbocycles. The highest BCUT2D eigenvalue weighted by atomic mass is 16.5. The van der Waals surface area contributed by atoms with E-state index in [1.54, 1.807) is 14.2 Å². The Bertz CT molecular complexity index is 745. The molecule has 5 nitrogen and oxygen atoms in total. The fourth-order valence-electron chi connectivity index (χ4n) is 2.96. The first kappa shape index (κ1) is 16.3. The number of methoxy groups -OCH3 is 2. The van der Waals surface area contributed by atoms with Crippen LogP contribution in [0.1, 0.15) is 29.3 Å². The number of carbonyl (C=O) groups excluding carboxylic acids is 1. The SMILES string of the molecule is COc1ccc(OC)c([C@@H]2C[C@H]2C(=O)NCc2cccc(C)n2)c1. The van der Waals surface area contributed by atoms with Gasteiger partial charge in [-0.3, -0.25) is 9.78 Å². The Morgan fingerprint density at radius 1 is 1.25 bits per heavy atom. The number of hydrogen-bond acceptors (Lipinski definition) is 4. The van der Waals surface area contributed by atoms with Crippen molar-refractivity contribution in [3.63, 3.8) is 0 Å². The van der Waals surface area contributed by atoms with Gasteiger partial charge in [-0.1, -0.05) is 6.07 Å². The first-order chi connectivity index (χ1) is 11.6. The van der Waals surface area contributed by atoms with Gasteiger partial charge in [-0.25, -0.2) is 0 Å². The molecule has 1 aliphatic carbocycles. The van der Waals surface area contributed by atoms with Gasteiger partial charge >= 0.3 is 0 Å². The highest BCUT2D eigenvalue weighted by Crippen LogP contribution is 2.51. The van der Waals surface area contributed by atoms with Crippen molar-refractivity contribution >= 4 is 5.91 Å². The maximum Gasteiger partial charge on any atom is 0.224 e. The summed E-state index contributed by atoms with van der Waals surface area (Å²) < 4.78 is 10.7. The zero-order chi connectivity index (χ0) is 17.1. The zero-order valence-electron chi connectivity index (χ0n) is 14.2. The summed E-state index contributed by atoms with van der Waals surface area (Å²) >= 11 is 0. The minimum Gasteiger partial charge on any atom is -0.497 e. The molecule has 1 aliphatic rings. The summed E-state index contributed by atoms with van der Waals surface area (Å²) in [6.45, 7) is 2.40. The second kappa shape index (κ2) is 6.91. The monoisotopic (exact) mass is 326 g/mol. The average Bonchev–Trinajstić information content (AvgIpc) is 3.40. The number of nitrogens with zero attached hydrogens (tertiary/aromatic N) is 1. The van der Waals surface area contributed by atoms with Crippen LogP contribution in [0.4, 0.5) is 0 Å². The van der Waals surface area contributed by atoms with Crippen molar-refractivity contribution in [2.75, 3.05) is 14.2 Å². The van der Waals surface area contributed by atoms with Crippen molar-refractivity contribution in [3.05, 3.63) is 53.3 Å². The summed E-state index contributed by atoms with van der Waals surface area (Å²) in [5.74, 6) is 1.81. The lowest BCUT2D eigenvalue weighted by Gasteiger charge is -2.10. The third kappa shape index (κ3) is 3.50. The number of hydrogen-bond donors (Lipinski definition) is 1. The van der Waals surface area contributed by atoms with Crippen molar-refractivity contribution in [1.29, 1.82) is 0 Å². The van der Waals surface area contributed by atoms with E-state index in [9.17, 15) is 4.79 Å². The molecule has 0 radical (unpaired) electrons. The minimum absolute atomic E-state index is 0.0178. The molecule has 2 aromatic rings. The lowest BCUT2D eigenvalue weighted by molar-refractivity contribution is -0.122. The fraction of sp³-hybridized carbons (Fsp3) is 0.368. The van der Waals surface area contributed by atoms with E-state index in [0.717, 1.165) is 34.9 Å². The summed E-state index contributed by atoms with van der Waals surface area (Å²) in [5, 5.41) is 2.98. The van der Waals surface area contributed by atoms with Crippen LogP contribution in [0.3, 0.4) is 0 Å². The first-order valence-corrected chi connectivity index (χ1v) is 8.04. The van der Waals surface area contributed by atoms with E-state index in [0.29, 0.717) is 6.54 Å². The van der Waals surface area contributed by atoms with Gasteiger partial charge in [0.15, 0.2) is 0 Å². The second-order valence-electron chi connectivity index (χ2n) is 6.04. The number of carbonyl (C=O) groups is 1. The summed E-state index contributed by atoms with van der Waals surface area (Å²) in [5.41, 5.74) is 2.86. The molecule has 0 bridgehead atoms. The maximum atomic E-state index is 12.4. The number of amides is 1. The number of nitrogens with one attached hydrogen (secondary N) is 1. The van der Waals surface area contributed by atoms with E-state index < -0.39 is 0 Å². The third-order valence-electron chi connectivity index (χ3n) is 4.35. The van der Waals surface area contributed by atoms with Crippen LogP contribution < -0.4 is 14.8 Å². The van der Waals surface area contributed by atoms with Crippen molar-refractivity contribution < 1.29 is 14.3 Å². The lowest BCUT2D eigenvalue weighted by Crippen LogP contribution is -2.25. The van der Waals surface area contributed by atoms with Crippen LogP contribution in [0.25, 0.3) is 0 Å². The van der Waals surface area contributed by atoms with Gasteiger partial charge in [0.05, 0.1) is 26.5 Å². The molecule has 1 fully saturated rings. The summed E-state index contributed by atoms with van der Waals surface area (Å²) in [4.78, 5) is 16.8. The van der Waals surface area contributed by atoms with E-state index in [1.165, 1.54) is 0 Å². The lowest BCUT2D eigenvalue weighted by atomic mass is 10.1. The van der Waals surface area contributed by atoms with E-state index in [-0.39, 0.29) is 17.7 Å². The Kier molecular flexibility index (Phi) is 4.69.